The number of piperidine rings is 1. The average molecular weight is 257 g/mol. The van der Waals surface area contributed by atoms with Gasteiger partial charge in [-0.05, 0) is 39.0 Å². The highest BCUT2D eigenvalue weighted by atomic mass is 16.6. The van der Waals surface area contributed by atoms with Gasteiger partial charge in [0.25, 0.3) is 0 Å². The predicted molar refractivity (Wildman–Crippen MR) is 67.4 cm³/mol. The predicted octanol–water partition coefficient (Wildman–Crippen LogP) is 2.50. The van der Waals surface area contributed by atoms with Crippen LogP contribution in [0.15, 0.2) is 0 Å². The Hall–Kier alpha value is -1.26. The van der Waals surface area contributed by atoms with Gasteiger partial charge < -0.3 is 9.84 Å². The van der Waals surface area contributed by atoms with Crippen molar-refractivity contribution >= 4 is 12.1 Å². The van der Waals surface area contributed by atoms with Crippen LogP contribution in [-0.2, 0) is 9.53 Å². The van der Waals surface area contributed by atoms with Gasteiger partial charge in [0.2, 0.25) is 0 Å². The van der Waals surface area contributed by atoms with Gasteiger partial charge in [0.15, 0.2) is 0 Å². The lowest BCUT2D eigenvalue weighted by atomic mass is 9.79. The van der Waals surface area contributed by atoms with Gasteiger partial charge in [-0.3, -0.25) is 4.90 Å². The minimum atomic E-state index is -0.964. The van der Waals surface area contributed by atoms with E-state index in [0.717, 1.165) is 6.42 Å². The maximum atomic E-state index is 12.0. The van der Waals surface area contributed by atoms with Crippen LogP contribution in [0, 0.1) is 5.41 Å². The third kappa shape index (κ3) is 3.89. The molecule has 0 aromatic carbocycles. The highest BCUT2D eigenvalue weighted by molar-refractivity contribution is 5.80. The SMILES string of the molecule is CC1(C)CCN(C(=O)OC(C)(C)C)C(C(=O)O)C1. The normalized spacial score (nSPS) is 23.6. The number of aliphatic carboxylic acids is 1. The van der Waals surface area contributed by atoms with E-state index in [2.05, 4.69) is 0 Å². The molecule has 0 aromatic rings. The van der Waals surface area contributed by atoms with Gasteiger partial charge >= 0.3 is 12.1 Å². The fourth-order valence-electron chi connectivity index (χ4n) is 2.07. The third-order valence-corrected chi connectivity index (χ3v) is 3.06. The Kier molecular flexibility index (Phi) is 3.93. The maximum Gasteiger partial charge on any atom is 0.411 e. The topological polar surface area (TPSA) is 66.8 Å². The second-order valence-electron chi connectivity index (χ2n) is 6.65. The number of carbonyl (C=O) groups is 2. The molecule has 0 saturated carbocycles. The van der Waals surface area contributed by atoms with Crippen LogP contribution in [0.3, 0.4) is 0 Å². The fraction of sp³-hybridized carbons (Fsp3) is 0.846. The molecule has 104 valence electrons. The highest BCUT2D eigenvalue weighted by Gasteiger charge is 2.41. The van der Waals surface area contributed by atoms with Gasteiger partial charge in [-0.2, -0.15) is 0 Å². The Morgan fingerprint density at radius 2 is 1.89 bits per heavy atom. The first-order valence-corrected chi connectivity index (χ1v) is 6.24. The summed E-state index contributed by atoms with van der Waals surface area (Å²) in [6.07, 6.45) is 0.711. The summed E-state index contributed by atoms with van der Waals surface area (Å²) in [5, 5.41) is 9.24. The molecule has 1 atom stereocenters. The smallest absolute Gasteiger partial charge is 0.411 e. The van der Waals surface area contributed by atoms with Crippen LogP contribution in [0.5, 0.6) is 0 Å². The Morgan fingerprint density at radius 3 is 2.33 bits per heavy atom. The molecule has 1 fully saturated rings. The molecule has 5 heteroatoms. The highest BCUT2D eigenvalue weighted by Crippen LogP contribution is 2.34. The summed E-state index contributed by atoms with van der Waals surface area (Å²) in [5.41, 5.74) is -0.658. The molecule has 1 saturated heterocycles. The van der Waals surface area contributed by atoms with Crippen LogP contribution in [0.1, 0.15) is 47.5 Å². The van der Waals surface area contributed by atoms with Crippen molar-refractivity contribution in [3.05, 3.63) is 0 Å². The number of hydrogen-bond donors (Lipinski definition) is 1. The Morgan fingerprint density at radius 1 is 1.33 bits per heavy atom. The van der Waals surface area contributed by atoms with Gasteiger partial charge in [-0.1, -0.05) is 13.8 Å². The standard InChI is InChI=1S/C13H23NO4/c1-12(2,3)18-11(17)14-7-6-13(4,5)8-9(14)10(15)16/h9H,6-8H2,1-5H3,(H,15,16). The molecule has 1 amide bonds. The molecule has 18 heavy (non-hydrogen) atoms. The Bertz CT molecular complexity index is 343. The van der Waals surface area contributed by atoms with Crippen LogP contribution in [-0.4, -0.2) is 40.3 Å². The van der Waals surface area contributed by atoms with E-state index in [-0.39, 0.29) is 5.41 Å². The summed E-state index contributed by atoms with van der Waals surface area (Å²) in [6.45, 7) is 9.79. The van der Waals surface area contributed by atoms with Crippen molar-refractivity contribution in [2.75, 3.05) is 6.54 Å². The summed E-state index contributed by atoms with van der Waals surface area (Å²) in [6, 6.07) is -0.788. The molecule has 0 spiro atoms. The lowest BCUT2D eigenvalue weighted by Gasteiger charge is -2.41. The van der Waals surface area contributed by atoms with E-state index in [4.69, 9.17) is 4.74 Å². The molecule has 0 radical (unpaired) electrons. The molecule has 1 heterocycles. The van der Waals surface area contributed by atoms with E-state index in [0.29, 0.717) is 13.0 Å². The van der Waals surface area contributed by atoms with Crippen molar-refractivity contribution in [3.8, 4) is 0 Å². The van der Waals surface area contributed by atoms with Gasteiger partial charge in [0.1, 0.15) is 11.6 Å². The van der Waals surface area contributed by atoms with E-state index in [9.17, 15) is 14.7 Å². The summed E-state index contributed by atoms with van der Waals surface area (Å²) >= 11 is 0. The second-order valence-corrected chi connectivity index (χ2v) is 6.65. The number of nitrogens with zero attached hydrogens (tertiary/aromatic N) is 1. The molecular weight excluding hydrogens is 234 g/mol. The molecule has 0 aliphatic carbocycles. The van der Waals surface area contributed by atoms with E-state index in [1.165, 1.54) is 4.90 Å². The molecule has 1 aliphatic heterocycles. The molecule has 0 aromatic heterocycles. The number of carboxylic acids is 1. The minimum Gasteiger partial charge on any atom is -0.480 e. The lowest BCUT2D eigenvalue weighted by molar-refractivity contribution is -0.146. The van der Waals surface area contributed by atoms with E-state index >= 15 is 0 Å². The number of hydrogen-bond acceptors (Lipinski definition) is 3. The fourth-order valence-corrected chi connectivity index (χ4v) is 2.07. The van der Waals surface area contributed by atoms with E-state index < -0.39 is 23.7 Å². The van der Waals surface area contributed by atoms with Gasteiger partial charge in [-0.15, -0.1) is 0 Å². The van der Waals surface area contributed by atoms with Crippen LogP contribution in [0.2, 0.25) is 0 Å². The van der Waals surface area contributed by atoms with Crippen LogP contribution < -0.4 is 0 Å². The monoisotopic (exact) mass is 257 g/mol. The first-order valence-electron chi connectivity index (χ1n) is 6.24. The maximum absolute atomic E-state index is 12.0. The molecule has 0 bridgehead atoms. The zero-order valence-corrected chi connectivity index (χ0v) is 11.8. The van der Waals surface area contributed by atoms with Crippen molar-refractivity contribution < 1.29 is 19.4 Å². The molecular formula is C13H23NO4. The Balaban J connectivity index is 2.81. The molecule has 1 N–H and O–H groups in total. The van der Waals surface area contributed by atoms with Gasteiger partial charge in [-0.25, -0.2) is 9.59 Å². The first kappa shape index (κ1) is 14.8. The minimum absolute atomic E-state index is 0.0540. The number of rotatable bonds is 1. The van der Waals surface area contributed by atoms with E-state index in [1.807, 2.05) is 13.8 Å². The zero-order valence-electron chi connectivity index (χ0n) is 11.8. The number of likely N-dealkylation sites (tertiary alicyclic amines) is 1. The Labute approximate surface area is 108 Å². The van der Waals surface area contributed by atoms with Crippen LogP contribution >= 0.6 is 0 Å². The molecule has 1 aliphatic rings. The summed E-state index contributed by atoms with van der Waals surface area (Å²) in [4.78, 5) is 24.6. The van der Waals surface area contributed by atoms with Crippen molar-refractivity contribution in [2.24, 2.45) is 5.41 Å². The summed E-state index contributed by atoms with van der Waals surface area (Å²) in [7, 11) is 0. The van der Waals surface area contributed by atoms with Crippen molar-refractivity contribution in [1.29, 1.82) is 0 Å². The van der Waals surface area contributed by atoms with Crippen molar-refractivity contribution in [3.63, 3.8) is 0 Å². The largest absolute Gasteiger partial charge is 0.480 e. The van der Waals surface area contributed by atoms with E-state index in [1.54, 1.807) is 20.8 Å². The number of ether oxygens (including phenoxy) is 1. The number of carboxylic acid groups (broad SMARTS) is 1. The molecule has 5 nitrogen and oxygen atoms in total. The lowest BCUT2D eigenvalue weighted by Crippen LogP contribution is -2.53. The summed E-state index contributed by atoms with van der Waals surface area (Å²) < 4.78 is 5.25. The van der Waals surface area contributed by atoms with Crippen molar-refractivity contribution in [1.82, 2.24) is 4.90 Å². The van der Waals surface area contributed by atoms with Crippen molar-refractivity contribution in [2.45, 2.75) is 59.1 Å². The van der Waals surface area contributed by atoms with Gasteiger partial charge in [0.05, 0.1) is 0 Å². The molecule has 1 rings (SSSR count). The van der Waals surface area contributed by atoms with Crippen LogP contribution in [0.4, 0.5) is 4.79 Å². The van der Waals surface area contributed by atoms with Crippen LogP contribution in [0.25, 0.3) is 0 Å². The third-order valence-electron chi connectivity index (χ3n) is 3.06. The summed E-state index contributed by atoms with van der Waals surface area (Å²) in [5.74, 6) is -0.964. The molecule has 1 unspecified atom stereocenters. The quantitative estimate of drug-likeness (QED) is 0.783. The zero-order chi connectivity index (χ0) is 14.1. The average Bonchev–Trinajstić information content (AvgIpc) is 2.12. The number of carbonyl (C=O) groups excluding carboxylic acids is 1. The van der Waals surface area contributed by atoms with Gasteiger partial charge in [0, 0.05) is 6.54 Å². The number of amides is 1. The second kappa shape index (κ2) is 4.78. The first-order chi connectivity index (χ1) is 8.02.